The van der Waals surface area contributed by atoms with E-state index in [1.807, 2.05) is 79.7 Å². The van der Waals surface area contributed by atoms with Crippen LogP contribution in [-0.4, -0.2) is 28.0 Å². The van der Waals surface area contributed by atoms with Gasteiger partial charge in [-0.15, -0.1) is 0 Å². The Hall–Kier alpha value is -7.45. The molecule has 0 saturated heterocycles. The van der Waals surface area contributed by atoms with Gasteiger partial charge < -0.3 is 13.7 Å². The molecule has 2 aliphatic rings. The molecule has 0 aliphatic carbocycles. The minimum absolute atomic E-state index is 0.0250. The number of aromatic nitrogens is 3. The fraction of sp³-hybridized carbons (Fsp3) is 0.196. The summed E-state index contributed by atoms with van der Waals surface area (Å²) in [5.74, 6) is 0. The Labute approximate surface area is 368 Å². The standard InChI is InChI=1S/C56H44N4O4/c1-31-46-34-14-7-6-13-32(34)21-22-45(46)63-54(62)47(31)41-19-12-20-42(58-41)48-35-15-8-10-17-37(35)49(38-18-11-9-16-36(38)48)44-30-57-29-43(59-44)39-27-33-28-40-51-50(52(33)64-53(39)61)56(4,5)24-26-60(51)25-23-55(40,2)3/h6-22,27-30H,23-26H2,1-5H3. The molecule has 0 saturated carbocycles. The van der Waals surface area contributed by atoms with Gasteiger partial charge in [0.1, 0.15) is 11.2 Å². The molecule has 0 spiro atoms. The van der Waals surface area contributed by atoms with E-state index in [1.54, 1.807) is 12.4 Å². The van der Waals surface area contributed by atoms with Crippen LogP contribution in [0.4, 0.5) is 5.69 Å². The van der Waals surface area contributed by atoms with Crippen LogP contribution >= 0.6 is 0 Å². The number of pyridine rings is 1. The van der Waals surface area contributed by atoms with E-state index in [1.165, 1.54) is 11.3 Å². The predicted octanol–water partition coefficient (Wildman–Crippen LogP) is 12.7. The smallest absolute Gasteiger partial charge is 0.346 e. The van der Waals surface area contributed by atoms with E-state index in [2.05, 4.69) is 75.1 Å². The predicted molar refractivity (Wildman–Crippen MR) is 258 cm³/mol. The molecule has 6 heterocycles. The van der Waals surface area contributed by atoms with Gasteiger partial charge in [-0.3, -0.25) is 4.98 Å². The van der Waals surface area contributed by atoms with Crippen LogP contribution in [-0.2, 0) is 10.8 Å². The lowest BCUT2D eigenvalue weighted by molar-refractivity contribution is 0.398. The molecule has 312 valence electrons. The monoisotopic (exact) mass is 836 g/mol. The largest absolute Gasteiger partial charge is 0.422 e. The zero-order valence-electron chi connectivity index (χ0n) is 36.4. The first kappa shape index (κ1) is 38.2. The Kier molecular flexibility index (Phi) is 8.23. The number of benzene rings is 6. The zero-order chi connectivity index (χ0) is 43.6. The molecule has 0 radical (unpaired) electrons. The summed E-state index contributed by atoms with van der Waals surface area (Å²) >= 11 is 0. The van der Waals surface area contributed by atoms with Gasteiger partial charge in [-0.1, -0.05) is 113 Å². The summed E-state index contributed by atoms with van der Waals surface area (Å²) in [6, 6.07) is 38.5. The lowest BCUT2D eigenvalue weighted by atomic mass is 9.69. The van der Waals surface area contributed by atoms with Crippen molar-refractivity contribution >= 4 is 59.9 Å². The number of anilines is 1. The van der Waals surface area contributed by atoms with Crippen molar-refractivity contribution in [1.82, 2.24) is 15.0 Å². The van der Waals surface area contributed by atoms with Gasteiger partial charge in [-0.2, -0.15) is 0 Å². The van der Waals surface area contributed by atoms with E-state index in [9.17, 15) is 9.59 Å². The maximum absolute atomic E-state index is 14.2. The minimum atomic E-state index is -0.432. The molecule has 0 bridgehead atoms. The molecular weight excluding hydrogens is 793 g/mol. The minimum Gasteiger partial charge on any atom is -0.422 e. The molecule has 10 aromatic rings. The highest BCUT2D eigenvalue weighted by molar-refractivity contribution is 6.21. The fourth-order valence-electron chi connectivity index (χ4n) is 10.8. The number of rotatable bonds is 4. The maximum Gasteiger partial charge on any atom is 0.346 e. The van der Waals surface area contributed by atoms with Gasteiger partial charge in [0, 0.05) is 46.2 Å². The number of nitrogens with zero attached hydrogens (tertiary/aromatic N) is 4. The molecular formula is C56H44N4O4. The van der Waals surface area contributed by atoms with Gasteiger partial charge >= 0.3 is 11.3 Å². The van der Waals surface area contributed by atoms with E-state index < -0.39 is 11.3 Å². The van der Waals surface area contributed by atoms with Gasteiger partial charge in [0.2, 0.25) is 0 Å². The summed E-state index contributed by atoms with van der Waals surface area (Å²) in [5.41, 5.74) is 9.65. The highest BCUT2D eigenvalue weighted by Gasteiger charge is 2.42. The first-order valence-electron chi connectivity index (χ1n) is 22.1. The zero-order valence-corrected chi connectivity index (χ0v) is 36.4. The molecule has 12 rings (SSSR count). The van der Waals surface area contributed by atoms with Crippen LogP contribution in [0.1, 0.15) is 57.2 Å². The van der Waals surface area contributed by atoms with Crippen LogP contribution in [0.25, 0.3) is 99.3 Å². The molecule has 0 amide bonds. The molecule has 8 heteroatoms. The molecule has 6 aromatic carbocycles. The second-order valence-electron chi connectivity index (χ2n) is 18.9. The number of fused-ring (bicyclic) bond motifs is 7. The summed E-state index contributed by atoms with van der Waals surface area (Å²) in [6.45, 7) is 13.1. The van der Waals surface area contributed by atoms with Crippen molar-refractivity contribution in [1.29, 1.82) is 0 Å². The molecule has 0 atom stereocenters. The first-order chi connectivity index (χ1) is 31.0. The van der Waals surface area contributed by atoms with Gasteiger partial charge in [-0.25, -0.2) is 19.6 Å². The lowest BCUT2D eigenvalue weighted by Gasteiger charge is -2.48. The van der Waals surface area contributed by atoms with Crippen molar-refractivity contribution in [2.24, 2.45) is 0 Å². The quantitative estimate of drug-likeness (QED) is 0.0981. The number of hydrogen-bond acceptors (Lipinski definition) is 8. The van der Waals surface area contributed by atoms with E-state index in [-0.39, 0.29) is 10.8 Å². The van der Waals surface area contributed by atoms with Crippen molar-refractivity contribution in [2.75, 3.05) is 18.0 Å². The highest BCUT2D eigenvalue weighted by Crippen LogP contribution is 2.52. The Morgan fingerprint density at radius 1 is 0.562 bits per heavy atom. The van der Waals surface area contributed by atoms with Crippen molar-refractivity contribution in [2.45, 2.75) is 58.3 Å². The first-order valence-corrected chi connectivity index (χ1v) is 22.1. The van der Waals surface area contributed by atoms with Crippen LogP contribution in [0, 0.1) is 6.92 Å². The van der Waals surface area contributed by atoms with Crippen LogP contribution < -0.4 is 16.2 Å². The number of hydrogen-bond donors (Lipinski definition) is 0. The lowest BCUT2D eigenvalue weighted by Crippen LogP contribution is -2.44. The Bertz CT molecular complexity index is 3710. The van der Waals surface area contributed by atoms with Gasteiger partial charge in [0.15, 0.2) is 0 Å². The van der Waals surface area contributed by atoms with Crippen molar-refractivity contribution in [3.63, 3.8) is 0 Å². The molecule has 64 heavy (non-hydrogen) atoms. The Morgan fingerprint density at radius 3 is 1.86 bits per heavy atom. The van der Waals surface area contributed by atoms with Crippen molar-refractivity contribution in [3.8, 4) is 45.0 Å². The van der Waals surface area contributed by atoms with Crippen molar-refractivity contribution < 1.29 is 8.83 Å². The SMILES string of the molecule is Cc1c(-c2cccc(-c3c4ccccc4c(-c4cncc(-c5cc6cc7c8c(c6oc5=O)C(C)(C)CCN8CCC7(C)C)n4)c4ccccc34)n2)c(=O)oc2ccc3ccccc3c12. The molecule has 4 aromatic heterocycles. The Balaban J connectivity index is 1.03. The second-order valence-corrected chi connectivity index (χ2v) is 18.9. The van der Waals surface area contributed by atoms with Gasteiger partial charge in [0.05, 0.1) is 46.3 Å². The normalized spacial score (nSPS) is 15.4. The van der Waals surface area contributed by atoms with E-state index in [4.69, 9.17) is 23.8 Å². The highest BCUT2D eigenvalue weighted by atomic mass is 16.4. The summed E-state index contributed by atoms with van der Waals surface area (Å²) in [6.07, 6.45) is 5.47. The average Bonchev–Trinajstić information content (AvgIpc) is 3.29. The van der Waals surface area contributed by atoms with Crippen LogP contribution in [0.5, 0.6) is 0 Å². The van der Waals surface area contributed by atoms with Crippen LogP contribution in [0.3, 0.4) is 0 Å². The third-order valence-electron chi connectivity index (χ3n) is 14.1. The van der Waals surface area contributed by atoms with Crippen molar-refractivity contribution in [3.05, 3.63) is 165 Å². The van der Waals surface area contributed by atoms with E-state index in [0.29, 0.717) is 39.4 Å². The topological polar surface area (TPSA) is 102 Å². The van der Waals surface area contributed by atoms with E-state index in [0.717, 1.165) is 97.0 Å². The third kappa shape index (κ3) is 5.64. The average molecular weight is 837 g/mol. The third-order valence-corrected chi connectivity index (χ3v) is 14.1. The van der Waals surface area contributed by atoms with Crippen LogP contribution in [0.2, 0.25) is 0 Å². The molecule has 2 aliphatic heterocycles. The Morgan fingerprint density at radius 2 is 1.16 bits per heavy atom. The summed E-state index contributed by atoms with van der Waals surface area (Å²) in [5, 5.41) is 7.72. The number of aryl methyl sites for hydroxylation is 1. The molecule has 0 unspecified atom stereocenters. The fourth-order valence-corrected chi connectivity index (χ4v) is 10.8. The summed E-state index contributed by atoms with van der Waals surface area (Å²) < 4.78 is 12.4. The second kappa shape index (κ2) is 13.8. The maximum atomic E-state index is 14.2. The van der Waals surface area contributed by atoms with Gasteiger partial charge in [-0.05, 0) is 104 Å². The molecule has 8 nitrogen and oxygen atoms in total. The molecule has 0 fully saturated rings. The van der Waals surface area contributed by atoms with Crippen LogP contribution in [0.15, 0.2) is 146 Å². The summed E-state index contributed by atoms with van der Waals surface area (Å²) in [7, 11) is 0. The van der Waals surface area contributed by atoms with Gasteiger partial charge in [0.25, 0.3) is 0 Å². The summed E-state index contributed by atoms with van der Waals surface area (Å²) in [4.78, 5) is 45.7. The van der Waals surface area contributed by atoms with E-state index >= 15 is 0 Å². The molecule has 0 N–H and O–H groups in total.